The van der Waals surface area contributed by atoms with Crippen molar-refractivity contribution in [2.75, 3.05) is 0 Å². The van der Waals surface area contributed by atoms with Crippen LogP contribution in [-0.4, -0.2) is 11.7 Å². The topological polar surface area (TPSA) is 36.8 Å². The van der Waals surface area contributed by atoms with Gasteiger partial charge in [-0.2, -0.15) is 0 Å². The predicted octanol–water partition coefficient (Wildman–Crippen LogP) is 10.9. The number of hydrogen-bond acceptors (Lipinski definition) is 4. The van der Waals surface area contributed by atoms with E-state index in [1.807, 2.05) is 23.5 Å². The first-order valence-corrected chi connectivity index (χ1v) is 17.8. The lowest BCUT2D eigenvalue weighted by atomic mass is 9.64. The van der Waals surface area contributed by atoms with E-state index < -0.39 is 5.41 Å². The molecule has 0 saturated carbocycles. The fraction of sp³-hybridized carbons (Fsp3) is 0.0435. The quantitative estimate of drug-likeness (QED) is 0.170. The molecular weight excluding hydrogens is 627 g/mol. The van der Waals surface area contributed by atoms with Gasteiger partial charge in [0.25, 0.3) is 0 Å². The maximum Gasteiger partial charge on any atom is 0.169 e. The van der Waals surface area contributed by atoms with Gasteiger partial charge in [0, 0.05) is 31.3 Å². The lowest BCUT2D eigenvalue weighted by molar-refractivity contribution is 0.749. The van der Waals surface area contributed by atoms with Gasteiger partial charge in [-0.3, -0.25) is 0 Å². The van der Waals surface area contributed by atoms with E-state index in [9.17, 15) is 0 Å². The van der Waals surface area contributed by atoms with E-state index in [0.29, 0.717) is 0 Å². The Bertz CT molecular complexity index is 2390. The molecule has 1 unspecified atom stereocenters. The second kappa shape index (κ2) is 12.7. The Kier molecular flexibility index (Phi) is 7.64. The predicted molar refractivity (Wildman–Crippen MR) is 209 cm³/mol. The van der Waals surface area contributed by atoms with Crippen molar-refractivity contribution in [1.82, 2.24) is 5.32 Å². The van der Waals surface area contributed by atoms with Crippen LogP contribution in [0.15, 0.2) is 198 Å². The molecule has 0 spiro atoms. The van der Waals surface area contributed by atoms with Gasteiger partial charge in [0.2, 0.25) is 0 Å². The van der Waals surface area contributed by atoms with Gasteiger partial charge in [-0.1, -0.05) is 170 Å². The van der Waals surface area contributed by atoms with Crippen LogP contribution in [0.1, 0.15) is 45.1 Å². The van der Waals surface area contributed by atoms with Gasteiger partial charge in [0.05, 0.1) is 5.41 Å². The molecule has 4 heteroatoms. The summed E-state index contributed by atoms with van der Waals surface area (Å²) in [6.07, 6.45) is -0.383. The fourth-order valence-corrected chi connectivity index (χ4v) is 8.60. The summed E-state index contributed by atoms with van der Waals surface area (Å²) >= 11 is 1.84. The molecule has 8 aromatic rings. The van der Waals surface area contributed by atoms with Gasteiger partial charge >= 0.3 is 0 Å². The molecule has 238 valence electrons. The monoisotopic (exact) mass is 659 g/mol. The zero-order valence-electron chi connectivity index (χ0n) is 27.3. The Balaban J connectivity index is 1.38. The summed E-state index contributed by atoms with van der Waals surface area (Å²) in [6.45, 7) is 0. The Morgan fingerprint density at radius 1 is 0.460 bits per heavy atom. The van der Waals surface area contributed by atoms with Crippen LogP contribution in [0.4, 0.5) is 0 Å². The molecular formula is C46H33N3S. The highest BCUT2D eigenvalue weighted by atomic mass is 32.1. The molecule has 2 heterocycles. The second-order valence-corrected chi connectivity index (χ2v) is 13.7. The number of aliphatic imine (C=N–C) groups is 2. The number of thiophene rings is 1. The van der Waals surface area contributed by atoms with Gasteiger partial charge in [0.1, 0.15) is 11.7 Å². The van der Waals surface area contributed by atoms with E-state index in [0.717, 1.165) is 28.4 Å². The summed E-state index contributed by atoms with van der Waals surface area (Å²) < 4.78 is 2.48. The zero-order valence-corrected chi connectivity index (χ0v) is 28.1. The minimum atomic E-state index is -0.633. The van der Waals surface area contributed by atoms with E-state index >= 15 is 0 Å². The van der Waals surface area contributed by atoms with Crippen LogP contribution in [0.3, 0.4) is 0 Å². The summed E-state index contributed by atoms with van der Waals surface area (Å²) in [5.74, 6) is 1.61. The molecule has 50 heavy (non-hydrogen) atoms. The Morgan fingerprint density at radius 3 is 1.52 bits per heavy atom. The van der Waals surface area contributed by atoms with Crippen molar-refractivity contribution in [3.05, 3.63) is 227 Å². The van der Waals surface area contributed by atoms with E-state index in [2.05, 4.69) is 181 Å². The van der Waals surface area contributed by atoms with Crippen LogP contribution in [0.25, 0.3) is 20.2 Å². The number of nitrogens with one attached hydrogen (secondary N) is 1. The van der Waals surface area contributed by atoms with Crippen molar-refractivity contribution in [3.63, 3.8) is 0 Å². The Morgan fingerprint density at radius 2 is 0.940 bits per heavy atom. The first-order chi connectivity index (χ1) is 24.8. The third kappa shape index (κ3) is 5.13. The second-order valence-electron chi connectivity index (χ2n) is 12.6. The molecule has 1 atom stereocenters. The van der Waals surface area contributed by atoms with Crippen LogP contribution in [0, 0.1) is 0 Å². The number of fused-ring (bicyclic) bond motifs is 3. The molecule has 3 nitrogen and oxygen atoms in total. The summed E-state index contributed by atoms with van der Waals surface area (Å²) in [5, 5.41) is 6.21. The summed E-state index contributed by atoms with van der Waals surface area (Å²) in [4.78, 5) is 10.5. The lowest BCUT2D eigenvalue weighted by Gasteiger charge is -2.38. The largest absolute Gasteiger partial charge is 0.324 e. The highest BCUT2D eigenvalue weighted by Crippen LogP contribution is 2.50. The molecule has 0 bridgehead atoms. The number of hydrogen-bond donors (Lipinski definition) is 1. The van der Waals surface area contributed by atoms with Crippen LogP contribution >= 0.6 is 11.3 Å². The molecule has 1 aliphatic rings. The first-order valence-electron chi connectivity index (χ1n) is 16.9. The minimum absolute atomic E-state index is 0.383. The van der Waals surface area contributed by atoms with Gasteiger partial charge in [0.15, 0.2) is 6.17 Å². The summed E-state index contributed by atoms with van der Waals surface area (Å²) in [6, 6.07) is 67.1. The summed E-state index contributed by atoms with van der Waals surface area (Å²) in [5.41, 5.74) is 7.31. The molecule has 1 N–H and O–H groups in total. The molecule has 0 amide bonds. The lowest BCUT2D eigenvalue weighted by Crippen LogP contribution is -2.36. The molecule has 0 saturated heterocycles. The van der Waals surface area contributed by atoms with E-state index in [1.165, 1.54) is 42.4 Å². The SMILES string of the molecule is c1ccc(C2=NC(c3ccccc3)N=C(c3cc(C(c4ccccc4)(c4ccccc4)c4ccccc4)c4c(c3)sc3ccccc34)N2)cc1. The fourth-order valence-electron chi connectivity index (χ4n) is 7.43. The van der Waals surface area contributed by atoms with Crippen LogP contribution in [0.5, 0.6) is 0 Å². The molecule has 0 aliphatic carbocycles. The zero-order chi connectivity index (χ0) is 33.3. The van der Waals surface area contributed by atoms with Crippen LogP contribution < -0.4 is 5.32 Å². The van der Waals surface area contributed by atoms with Crippen molar-refractivity contribution >= 4 is 43.2 Å². The molecule has 0 fully saturated rings. The molecule has 0 radical (unpaired) electrons. The van der Waals surface area contributed by atoms with Crippen molar-refractivity contribution in [1.29, 1.82) is 0 Å². The van der Waals surface area contributed by atoms with E-state index in [1.54, 1.807) is 0 Å². The van der Waals surface area contributed by atoms with E-state index in [-0.39, 0.29) is 6.17 Å². The average molecular weight is 660 g/mol. The molecule has 9 rings (SSSR count). The smallest absolute Gasteiger partial charge is 0.169 e. The maximum absolute atomic E-state index is 5.32. The maximum atomic E-state index is 5.32. The highest BCUT2D eigenvalue weighted by molar-refractivity contribution is 7.25. The van der Waals surface area contributed by atoms with Gasteiger partial charge in [-0.15, -0.1) is 11.3 Å². The van der Waals surface area contributed by atoms with E-state index in [4.69, 9.17) is 9.98 Å². The molecule has 1 aromatic heterocycles. The molecule has 1 aliphatic heterocycles. The Labute approximate surface area is 296 Å². The summed E-state index contributed by atoms with van der Waals surface area (Å²) in [7, 11) is 0. The first kappa shape index (κ1) is 30.0. The normalized spacial score (nSPS) is 14.6. The average Bonchev–Trinajstić information content (AvgIpc) is 3.59. The van der Waals surface area contributed by atoms with Crippen molar-refractivity contribution in [2.24, 2.45) is 9.98 Å². The number of benzene rings is 7. The Hall–Kier alpha value is -6.10. The minimum Gasteiger partial charge on any atom is -0.324 e. The van der Waals surface area contributed by atoms with Crippen LogP contribution in [-0.2, 0) is 5.41 Å². The number of nitrogens with zero attached hydrogens (tertiary/aromatic N) is 2. The van der Waals surface area contributed by atoms with Crippen LogP contribution in [0.2, 0.25) is 0 Å². The third-order valence-corrected chi connectivity index (χ3v) is 10.8. The third-order valence-electron chi connectivity index (χ3n) is 9.66. The number of amidine groups is 2. The standard InChI is InChI=1S/C46H33N3S/c1-6-18-32(19-7-1)43-47-44(33-20-8-2-9-21-33)49-45(48-43)34-30-39(42-38-28-16-17-29-40(38)50-41(42)31-34)46(35-22-10-3-11-23-35,36-24-12-4-13-25-36)37-26-14-5-15-27-37/h1-31,43H,(H,47,48,49). The van der Waals surface area contributed by atoms with Crippen molar-refractivity contribution < 1.29 is 0 Å². The van der Waals surface area contributed by atoms with Gasteiger partial charge in [-0.05, 0) is 46.0 Å². The highest BCUT2D eigenvalue weighted by Gasteiger charge is 2.40. The van der Waals surface area contributed by atoms with Crippen molar-refractivity contribution in [2.45, 2.75) is 11.6 Å². The van der Waals surface area contributed by atoms with Gasteiger partial charge < -0.3 is 5.32 Å². The van der Waals surface area contributed by atoms with Crippen molar-refractivity contribution in [3.8, 4) is 0 Å². The van der Waals surface area contributed by atoms with Gasteiger partial charge in [-0.25, -0.2) is 9.98 Å². The number of rotatable bonds is 7. The molecule has 7 aromatic carbocycles.